The third kappa shape index (κ3) is 3.75. The number of pyridine rings is 1. The molecule has 0 bridgehead atoms. The fourth-order valence-electron chi connectivity index (χ4n) is 1.16. The van der Waals surface area contributed by atoms with Crippen LogP contribution in [0.4, 0.5) is 0 Å². The minimum absolute atomic E-state index is 0.0372. The van der Waals surface area contributed by atoms with E-state index in [1.807, 2.05) is 0 Å². The molecule has 0 fully saturated rings. The summed E-state index contributed by atoms with van der Waals surface area (Å²) in [5, 5.41) is 11.9. The molecule has 6 nitrogen and oxygen atoms in total. The molecule has 0 aliphatic rings. The number of aromatic nitrogens is 1. The van der Waals surface area contributed by atoms with Crippen molar-refractivity contribution in [2.45, 2.75) is 6.42 Å². The summed E-state index contributed by atoms with van der Waals surface area (Å²) in [5.41, 5.74) is -0.0372. The second-order valence-electron chi connectivity index (χ2n) is 3.67. The zero-order valence-corrected chi connectivity index (χ0v) is 9.80. The van der Waals surface area contributed by atoms with Crippen LogP contribution in [0.5, 0.6) is 5.75 Å². The van der Waals surface area contributed by atoms with E-state index in [2.05, 4.69) is 10.3 Å². The highest BCUT2D eigenvalue weighted by Gasteiger charge is 2.12. The van der Waals surface area contributed by atoms with Gasteiger partial charge in [0.2, 0.25) is 5.91 Å². The predicted octanol–water partition coefficient (Wildman–Crippen LogP) is -0.00470. The summed E-state index contributed by atoms with van der Waals surface area (Å²) >= 11 is 0. The molecule has 17 heavy (non-hydrogen) atoms. The lowest BCUT2D eigenvalue weighted by Gasteiger charge is -2.10. The molecule has 0 aliphatic carbocycles. The number of carbonyl (C=O) groups is 2. The maximum atomic E-state index is 11.6. The van der Waals surface area contributed by atoms with Crippen molar-refractivity contribution in [1.29, 1.82) is 0 Å². The van der Waals surface area contributed by atoms with E-state index in [0.29, 0.717) is 0 Å². The lowest BCUT2D eigenvalue weighted by atomic mass is 10.3. The molecule has 2 amide bonds. The summed E-state index contributed by atoms with van der Waals surface area (Å²) in [6.45, 7) is 0.214. The van der Waals surface area contributed by atoms with Gasteiger partial charge in [0.1, 0.15) is 5.75 Å². The molecule has 2 N–H and O–H groups in total. The fourth-order valence-corrected chi connectivity index (χ4v) is 1.16. The van der Waals surface area contributed by atoms with E-state index >= 15 is 0 Å². The van der Waals surface area contributed by atoms with E-state index in [1.54, 1.807) is 14.1 Å². The number of nitrogens with zero attached hydrogens (tertiary/aromatic N) is 2. The van der Waals surface area contributed by atoms with Crippen molar-refractivity contribution in [3.05, 3.63) is 24.0 Å². The number of amides is 2. The molecule has 0 spiro atoms. The first-order valence-corrected chi connectivity index (χ1v) is 5.14. The normalized spacial score (nSPS) is 9.76. The minimum atomic E-state index is -0.491. The number of hydrogen-bond donors (Lipinski definition) is 2. The van der Waals surface area contributed by atoms with Crippen LogP contribution in [-0.4, -0.2) is 47.4 Å². The molecule has 0 radical (unpaired) electrons. The SMILES string of the molecule is CN(C)C(=O)CCNC(=O)c1ncccc1O. The van der Waals surface area contributed by atoms with E-state index in [9.17, 15) is 14.7 Å². The van der Waals surface area contributed by atoms with Gasteiger partial charge in [-0.05, 0) is 12.1 Å². The van der Waals surface area contributed by atoms with Crippen molar-refractivity contribution in [3.8, 4) is 5.75 Å². The Hall–Kier alpha value is -2.11. The van der Waals surface area contributed by atoms with Gasteiger partial charge in [0.05, 0.1) is 0 Å². The van der Waals surface area contributed by atoms with Crippen molar-refractivity contribution in [2.24, 2.45) is 0 Å². The summed E-state index contributed by atoms with van der Waals surface area (Å²) in [4.78, 5) is 28.0. The number of rotatable bonds is 4. The number of carbonyl (C=O) groups excluding carboxylic acids is 2. The average Bonchev–Trinajstić information content (AvgIpc) is 2.29. The van der Waals surface area contributed by atoms with Gasteiger partial charge in [-0.15, -0.1) is 0 Å². The molecule has 0 saturated heterocycles. The van der Waals surface area contributed by atoms with Gasteiger partial charge in [-0.2, -0.15) is 0 Å². The number of nitrogens with one attached hydrogen (secondary N) is 1. The number of aromatic hydroxyl groups is 1. The first-order valence-electron chi connectivity index (χ1n) is 5.14. The third-order valence-corrected chi connectivity index (χ3v) is 2.12. The highest BCUT2D eigenvalue weighted by molar-refractivity contribution is 5.94. The molecule has 0 aromatic carbocycles. The summed E-state index contributed by atoms with van der Waals surface area (Å²) < 4.78 is 0. The standard InChI is InChI=1S/C11H15N3O3/c1-14(2)9(16)5-7-13-11(17)10-8(15)4-3-6-12-10/h3-4,6,15H,5,7H2,1-2H3,(H,13,17). The lowest BCUT2D eigenvalue weighted by molar-refractivity contribution is -0.128. The summed E-state index contributed by atoms with van der Waals surface area (Å²) in [7, 11) is 3.30. The Morgan fingerprint density at radius 2 is 2.18 bits per heavy atom. The zero-order valence-electron chi connectivity index (χ0n) is 9.80. The smallest absolute Gasteiger partial charge is 0.273 e. The maximum absolute atomic E-state index is 11.6. The molecular weight excluding hydrogens is 222 g/mol. The summed E-state index contributed by atoms with van der Waals surface area (Å²) in [6, 6.07) is 2.91. The van der Waals surface area contributed by atoms with Gasteiger partial charge in [0.15, 0.2) is 5.69 Å². The van der Waals surface area contributed by atoms with Gasteiger partial charge >= 0.3 is 0 Å². The molecule has 1 heterocycles. The first kappa shape index (κ1) is 13.0. The average molecular weight is 237 g/mol. The highest BCUT2D eigenvalue weighted by Crippen LogP contribution is 2.11. The molecule has 0 saturated carbocycles. The monoisotopic (exact) mass is 237 g/mol. The molecule has 92 valence electrons. The van der Waals surface area contributed by atoms with Crippen LogP contribution in [0.1, 0.15) is 16.9 Å². The summed E-state index contributed by atoms with van der Waals surface area (Å²) in [5.74, 6) is -0.742. The largest absolute Gasteiger partial charge is 0.505 e. The van der Waals surface area contributed by atoms with E-state index < -0.39 is 5.91 Å². The van der Waals surface area contributed by atoms with Crippen molar-refractivity contribution in [3.63, 3.8) is 0 Å². The molecule has 1 aromatic heterocycles. The van der Waals surface area contributed by atoms with Gasteiger partial charge in [0, 0.05) is 33.3 Å². The Morgan fingerprint density at radius 1 is 1.47 bits per heavy atom. The third-order valence-electron chi connectivity index (χ3n) is 2.12. The van der Waals surface area contributed by atoms with E-state index in [4.69, 9.17) is 0 Å². The number of hydrogen-bond acceptors (Lipinski definition) is 4. The lowest BCUT2D eigenvalue weighted by Crippen LogP contribution is -2.30. The Bertz CT molecular complexity index is 418. The minimum Gasteiger partial charge on any atom is -0.505 e. The van der Waals surface area contributed by atoms with Crippen LogP contribution in [0.15, 0.2) is 18.3 Å². The highest BCUT2D eigenvalue weighted by atomic mass is 16.3. The van der Waals surface area contributed by atoms with Gasteiger partial charge in [-0.1, -0.05) is 0 Å². The van der Waals surface area contributed by atoms with Crippen LogP contribution >= 0.6 is 0 Å². The van der Waals surface area contributed by atoms with Gasteiger partial charge < -0.3 is 15.3 Å². The maximum Gasteiger partial charge on any atom is 0.273 e. The Labute approximate surface area is 99.3 Å². The van der Waals surface area contributed by atoms with Crippen molar-refractivity contribution >= 4 is 11.8 Å². The second kappa shape index (κ2) is 5.83. The molecule has 0 aliphatic heterocycles. The van der Waals surface area contributed by atoms with Crippen LogP contribution in [0.25, 0.3) is 0 Å². The van der Waals surface area contributed by atoms with E-state index in [1.165, 1.54) is 23.2 Å². The van der Waals surface area contributed by atoms with Crippen molar-refractivity contribution in [2.75, 3.05) is 20.6 Å². The van der Waals surface area contributed by atoms with Crippen LogP contribution < -0.4 is 5.32 Å². The summed E-state index contributed by atoms with van der Waals surface area (Å²) in [6.07, 6.45) is 1.63. The Balaban J connectivity index is 2.46. The predicted molar refractivity (Wildman–Crippen MR) is 61.5 cm³/mol. The van der Waals surface area contributed by atoms with Gasteiger partial charge in [-0.25, -0.2) is 4.98 Å². The fraction of sp³-hybridized carbons (Fsp3) is 0.364. The van der Waals surface area contributed by atoms with Crippen LogP contribution in [0.2, 0.25) is 0 Å². The van der Waals surface area contributed by atoms with Crippen molar-refractivity contribution in [1.82, 2.24) is 15.2 Å². The van der Waals surface area contributed by atoms with E-state index in [-0.39, 0.29) is 30.3 Å². The van der Waals surface area contributed by atoms with Crippen LogP contribution in [0, 0.1) is 0 Å². The first-order chi connectivity index (χ1) is 8.02. The second-order valence-corrected chi connectivity index (χ2v) is 3.67. The molecule has 6 heteroatoms. The van der Waals surface area contributed by atoms with Gasteiger partial charge in [-0.3, -0.25) is 9.59 Å². The Morgan fingerprint density at radius 3 is 2.76 bits per heavy atom. The van der Waals surface area contributed by atoms with Crippen LogP contribution in [0.3, 0.4) is 0 Å². The molecule has 1 rings (SSSR count). The molecule has 0 unspecified atom stereocenters. The zero-order chi connectivity index (χ0) is 12.8. The van der Waals surface area contributed by atoms with Crippen molar-refractivity contribution < 1.29 is 14.7 Å². The molecule has 1 aromatic rings. The molecule has 0 atom stereocenters. The topological polar surface area (TPSA) is 82.5 Å². The van der Waals surface area contributed by atoms with Gasteiger partial charge in [0.25, 0.3) is 5.91 Å². The molecular formula is C11H15N3O3. The van der Waals surface area contributed by atoms with Crippen LogP contribution in [-0.2, 0) is 4.79 Å². The quantitative estimate of drug-likeness (QED) is 0.772. The van der Waals surface area contributed by atoms with E-state index in [0.717, 1.165) is 0 Å². The Kier molecular flexibility index (Phi) is 4.45.